The summed E-state index contributed by atoms with van der Waals surface area (Å²) in [4.78, 5) is 0. The van der Waals surface area contributed by atoms with Gasteiger partial charge >= 0.3 is 0 Å². The van der Waals surface area contributed by atoms with Crippen LogP contribution in [0.5, 0.6) is 0 Å². The van der Waals surface area contributed by atoms with E-state index in [2.05, 4.69) is 53.8 Å². The number of rotatable bonds is 6. The zero-order chi connectivity index (χ0) is 12.1. The Morgan fingerprint density at radius 2 is 1.53 bits per heavy atom. The van der Waals surface area contributed by atoms with Crippen molar-refractivity contribution in [3.05, 3.63) is 0 Å². The molecule has 2 nitrogen and oxygen atoms in total. The monoisotopic (exact) mass is 215 g/mol. The lowest BCUT2D eigenvalue weighted by Crippen LogP contribution is -2.40. The molecule has 1 N–H and O–H groups in total. The van der Waals surface area contributed by atoms with E-state index in [1.807, 2.05) is 0 Å². The van der Waals surface area contributed by atoms with Gasteiger partial charge in [0, 0.05) is 12.1 Å². The molecule has 0 saturated heterocycles. The van der Waals surface area contributed by atoms with Gasteiger partial charge in [-0.05, 0) is 53.0 Å². The molecule has 92 valence electrons. The SMILES string of the molecule is CC(C)OCC(C)C(C)CNC(C)(C)C. The Balaban J connectivity index is 3.74. The van der Waals surface area contributed by atoms with Crippen molar-refractivity contribution in [2.45, 2.75) is 60.1 Å². The Morgan fingerprint density at radius 1 is 1.00 bits per heavy atom. The molecule has 0 bridgehead atoms. The van der Waals surface area contributed by atoms with Crippen molar-refractivity contribution in [3.63, 3.8) is 0 Å². The fraction of sp³-hybridized carbons (Fsp3) is 1.00. The van der Waals surface area contributed by atoms with Crippen LogP contribution in [-0.2, 0) is 4.74 Å². The van der Waals surface area contributed by atoms with Crippen LogP contribution in [0.1, 0.15) is 48.5 Å². The first-order valence-corrected chi connectivity index (χ1v) is 6.09. The summed E-state index contributed by atoms with van der Waals surface area (Å²) in [5.74, 6) is 1.27. The van der Waals surface area contributed by atoms with E-state index in [-0.39, 0.29) is 5.54 Å². The molecule has 0 aromatic heterocycles. The predicted molar refractivity (Wildman–Crippen MR) is 67.2 cm³/mol. The number of hydrogen-bond donors (Lipinski definition) is 1. The molecule has 0 aliphatic heterocycles. The van der Waals surface area contributed by atoms with Crippen molar-refractivity contribution >= 4 is 0 Å². The maximum Gasteiger partial charge on any atom is 0.0519 e. The third-order valence-corrected chi connectivity index (χ3v) is 2.62. The Kier molecular flexibility index (Phi) is 6.46. The molecular weight excluding hydrogens is 186 g/mol. The summed E-state index contributed by atoms with van der Waals surface area (Å²) in [6, 6.07) is 0. The molecule has 0 radical (unpaired) electrons. The highest BCUT2D eigenvalue weighted by atomic mass is 16.5. The van der Waals surface area contributed by atoms with E-state index >= 15 is 0 Å². The van der Waals surface area contributed by atoms with Crippen molar-refractivity contribution < 1.29 is 4.74 Å². The number of nitrogens with one attached hydrogen (secondary N) is 1. The van der Waals surface area contributed by atoms with Crippen LogP contribution in [0.25, 0.3) is 0 Å². The van der Waals surface area contributed by atoms with Gasteiger partial charge in [-0.15, -0.1) is 0 Å². The molecule has 0 fully saturated rings. The highest BCUT2D eigenvalue weighted by Gasteiger charge is 2.16. The Labute approximate surface area is 95.8 Å². The van der Waals surface area contributed by atoms with Crippen LogP contribution < -0.4 is 5.32 Å². The van der Waals surface area contributed by atoms with E-state index in [1.165, 1.54) is 0 Å². The molecule has 2 heteroatoms. The summed E-state index contributed by atoms with van der Waals surface area (Å²) >= 11 is 0. The minimum absolute atomic E-state index is 0.215. The maximum atomic E-state index is 5.63. The second-order valence-electron chi connectivity index (χ2n) is 5.97. The normalized spacial score (nSPS) is 16.8. The van der Waals surface area contributed by atoms with Gasteiger partial charge in [0.1, 0.15) is 0 Å². The lowest BCUT2D eigenvalue weighted by Gasteiger charge is -2.27. The molecule has 15 heavy (non-hydrogen) atoms. The van der Waals surface area contributed by atoms with Crippen LogP contribution in [0, 0.1) is 11.8 Å². The molecule has 0 spiro atoms. The van der Waals surface area contributed by atoms with Gasteiger partial charge in [0.25, 0.3) is 0 Å². The first kappa shape index (κ1) is 14.9. The average Bonchev–Trinajstić information content (AvgIpc) is 2.08. The summed E-state index contributed by atoms with van der Waals surface area (Å²) in [6.07, 6.45) is 0.343. The molecule has 2 atom stereocenters. The second kappa shape index (κ2) is 6.49. The second-order valence-corrected chi connectivity index (χ2v) is 5.97. The van der Waals surface area contributed by atoms with Crippen molar-refractivity contribution in [1.82, 2.24) is 5.32 Å². The standard InChI is InChI=1S/C13H29NO/c1-10(2)15-9-12(4)11(3)8-14-13(5,6)7/h10-12,14H,8-9H2,1-7H3. The Hall–Kier alpha value is -0.0800. The van der Waals surface area contributed by atoms with Gasteiger partial charge in [-0.2, -0.15) is 0 Å². The smallest absolute Gasteiger partial charge is 0.0519 e. The van der Waals surface area contributed by atoms with E-state index in [9.17, 15) is 0 Å². The topological polar surface area (TPSA) is 21.3 Å². The van der Waals surface area contributed by atoms with Gasteiger partial charge in [-0.3, -0.25) is 0 Å². The van der Waals surface area contributed by atoms with Crippen LogP contribution in [0.3, 0.4) is 0 Å². The van der Waals surface area contributed by atoms with E-state index in [1.54, 1.807) is 0 Å². The van der Waals surface area contributed by atoms with Gasteiger partial charge in [-0.25, -0.2) is 0 Å². The largest absolute Gasteiger partial charge is 0.379 e. The Bertz CT molecular complexity index is 160. The number of hydrogen-bond acceptors (Lipinski definition) is 2. The fourth-order valence-electron chi connectivity index (χ4n) is 1.18. The molecule has 0 aromatic rings. The predicted octanol–water partition coefficient (Wildman–Crippen LogP) is 3.07. The minimum atomic E-state index is 0.215. The van der Waals surface area contributed by atoms with E-state index in [4.69, 9.17) is 4.74 Å². The lowest BCUT2D eigenvalue weighted by atomic mass is 9.95. The highest BCUT2D eigenvalue weighted by molar-refractivity contribution is 4.73. The fourth-order valence-corrected chi connectivity index (χ4v) is 1.18. The molecule has 0 aliphatic rings. The summed E-state index contributed by atoms with van der Waals surface area (Å²) in [6.45, 7) is 17.3. The van der Waals surface area contributed by atoms with Gasteiger partial charge in [0.05, 0.1) is 6.10 Å². The zero-order valence-electron chi connectivity index (χ0n) is 11.6. The average molecular weight is 215 g/mol. The van der Waals surface area contributed by atoms with Crippen molar-refractivity contribution in [2.75, 3.05) is 13.2 Å². The third kappa shape index (κ3) is 8.88. The molecule has 0 aromatic carbocycles. The van der Waals surface area contributed by atoms with Gasteiger partial charge < -0.3 is 10.1 Å². The van der Waals surface area contributed by atoms with Crippen molar-refractivity contribution in [3.8, 4) is 0 Å². The highest BCUT2D eigenvalue weighted by Crippen LogP contribution is 2.12. The maximum absolute atomic E-state index is 5.63. The van der Waals surface area contributed by atoms with Gasteiger partial charge in [-0.1, -0.05) is 13.8 Å². The summed E-state index contributed by atoms with van der Waals surface area (Å²) in [5.41, 5.74) is 0.215. The van der Waals surface area contributed by atoms with Crippen molar-refractivity contribution in [1.29, 1.82) is 0 Å². The molecule has 0 rings (SSSR count). The Morgan fingerprint density at radius 3 is 1.93 bits per heavy atom. The molecule has 0 amide bonds. The number of ether oxygens (including phenoxy) is 1. The van der Waals surface area contributed by atoms with Crippen LogP contribution >= 0.6 is 0 Å². The lowest BCUT2D eigenvalue weighted by molar-refractivity contribution is 0.0414. The summed E-state index contributed by atoms with van der Waals surface area (Å²) in [5, 5.41) is 3.53. The minimum Gasteiger partial charge on any atom is -0.379 e. The molecule has 0 saturated carbocycles. The molecular formula is C13H29NO. The molecule has 0 heterocycles. The first-order chi connectivity index (χ1) is 6.72. The van der Waals surface area contributed by atoms with Crippen LogP contribution in [0.15, 0.2) is 0 Å². The van der Waals surface area contributed by atoms with Crippen LogP contribution in [0.2, 0.25) is 0 Å². The van der Waals surface area contributed by atoms with Gasteiger partial charge in [0.15, 0.2) is 0 Å². The summed E-state index contributed by atoms with van der Waals surface area (Å²) < 4.78 is 5.63. The van der Waals surface area contributed by atoms with Crippen LogP contribution in [0.4, 0.5) is 0 Å². The zero-order valence-corrected chi connectivity index (χ0v) is 11.6. The van der Waals surface area contributed by atoms with Crippen molar-refractivity contribution in [2.24, 2.45) is 11.8 Å². The summed E-state index contributed by atoms with van der Waals surface area (Å²) in [7, 11) is 0. The van der Waals surface area contributed by atoms with E-state index < -0.39 is 0 Å². The molecule has 0 aliphatic carbocycles. The van der Waals surface area contributed by atoms with E-state index in [0.717, 1.165) is 13.2 Å². The first-order valence-electron chi connectivity index (χ1n) is 6.09. The van der Waals surface area contributed by atoms with Gasteiger partial charge in [0.2, 0.25) is 0 Å². The van der Waals surface area contributed by atoms with Crippen LogP contribution in [-0.4, -0.2) is 24.8 Å². The third-order valence-electron chi connectivity index (χ3n) is 2.62. The van der Waals surface area contributed by atoms with E-state index in [0.29, 0.717) is 17.9 Å². The quantitative estimate of drug-likeness (QED) is 0.735. The molecule has 2 unspecified atom stereocenters.